The lowest BCUT2D eigenvalue weighted by Crippen LogP contribution is -2.24. The van der Waals surface area contributed by atoms with Gasteiger partial charge in [-0.25, -0.2) is 4.79 Å². The number of fused-ring (bicyclic) bond motifs is 1. The Morgan fingerprint density at radius 2 is 1.83 bits per heavy atom. The highest BCUT2D eigenvalue weighted by Crippen LogP contribution is 2.25. The van der Waals surface area contributed by atoms with E-state index in [2.05, 4.69) is 4.74 Å². The number of esters is 1. The Kier molecular flexibility index (Phi) is 4.33. The summed E-state index contributed by atoms with van der Waals surface area (Å²) in [5, 5.41) is 0.393. The molecule has 1 heterocycles. The highest BCUT2D eigenvalue weighted by atomic mass is 16.6. The average molecular weight is 324 g/mol. The van der Waals surface area contributed by atoms with Crippen LogP contribution in [0.25, 0.3) is 22.3 Å². The van der Waals surface area contributed by atoms with Gasteiger partial charge in [0.15, 0.2) is 11.5 Å². The summed E-state index contributed by atoms with van der Waals surface area (Å²) in [5.74, 6) is 0.423. The minimum absolute atomic E-state index is 0.175. The van der Waals surface area contributed by atoms with Gasteiger partial charge >= 0.3 is 5.97 Å². The molecule has 0 fully saturated rings. The number of hydrogen-bond donors (Lipinski definition) is 0. The lowest BCUT2D eigenvalue weighted by molar-refractivity contribution is -0.147. The maximum absolute atomic E-state index is 12.4. The molecule has 0 bridgehead atoms. The van der Waals surface area contributed by atoms with E-state index in [9.17, 15) is 9.59 Å². The molecule has 0 unspecified atom stereocenters. The first-order valence-electron chi connectivity index (χ1n) is 7.46. The largest absolute Gasteiger partial charge is 0.479 e. The molecule has 0 aliphatic rings. The van der Waals surface area contributed by atoms with E-state index >= 15 is 0 Å². The Morgan fingerprint density at radius 3 is 2.54 bits per heavy atom. The number of methoxy groups -OCH3 is 1. The van der Waals surface area contributed by atoms with Crippen LogP contribution in [0.4, 0.5) is 0 Å². The molecule has 0 aliphatic heterocycles. The summed E-state index contributed by atoms with van der Waals surface area (Å²) >= 11 is 0. The molecule has 0 saturated carbocycles. The lowest BCUT2D eigenvalue weighted by Gasteiger charge is -2.12. The predicted octanol–water partition coefficient (Wildman–Crippen LogP) is 3.40. The molecule has 0 spiro atoms. The highest BCUT2D eigenvalue weighted by molar-refractivity contribution is 5.80. The van der Waals surface area contributed by atoms with Crippen molar-refractivity contribution in [3.63, 3.8) is 0 Å². The molecule has 1 aromatic heterocycles. The summed E-state index contributed by atoms with van der Waals surface area (Å²) < 4.78 is 15.9. The number of benzene rings is 2. The molecular weight excluding hydrogens is 308 g/mol. The third-order valence-electron chi connectivity index (χ3n) is 3.60. The molecule has 0 amide bonds. The van der Waals surface area contributed by atoms with Gasteiger partial charge in [0.05, 0.1) is 12.5 Å². The second-order valence-electron chi connectivity index (χ2n) is 5.28. The summed E-state index contributed by atoms with van der Waals surface area (Å²) in [4.78, 5) is 23.8. The van der Waals surface area contributed by atoms with Gasteiger partial charge in [-0.05, 0) is 25.1 Å². The monoisotopic (exact) mass is 324 g/mol. The number of carbonyl (C=O) groups excluding carboxylic acids is 1. The zero-order chi connectivity index (χ0) is 17.1. The molecule has 1 atom stereocenters. The number of rotatable bonds is 4. The fourth-order valence-corrected chi connectivity index (χ4v) is 2.37. The van der Waals surface area contributed by atoms with Crippen LogP contribution in [0.5, 0.6) is 5.75 Å². The first kappa shape index (κ1) is 15.8. The molecule has 0 radical (unpaired) electrons. The third-order valence-corrected chi connectivity index (χ3v) is 3.60. The van der Waals surface area contributed by atoms with Crippen LogP contribution >= 0.6 is 0 Å². The van der Waals surface area contributed by atoms with Gasteiger partial charge in [-0.1, -0.05) is 30.3 Å². The molecule has 3 aromatic rings. The Morgan fingerprint density at radius 1 is 1.08 bits per heavy atom. The minimum Gasteiger partial charge on any atom is -0.479 e. The summed E-state index contributed by atoms with van der Waals surface area (Å²) in [6.07, 6.45) is -0.761. The van der Waals surface area contributed by atoms with Crippen molar-refractivity contribution in [2.75, 3.05) is 7.11 Å². The van der Waals surface area contributed by atoms with E-state index in [0.717, 1.165) is 5.56 Å². The first-order valence-corrected chi connectivity index (χ1v) is 7.46. The summed E-state index contributed by atoms with van der Waals surface area (Å²) in [7, 11) is 1.29. The molecule has 2 aromatic carbocycles. The molecule has 0 N–H and O–H groups in total. The summed E-state index contributed by atoms with van der Waals surface area (Å²) in [6, 6.07) is 15.7. The van der Waals surface area contributed by atoms with E-state index < -0.39 is 12.1 Å². The van der Waals surface area contributed by atoms with Gasteiger partial charge < -0.3 is 13.9 Å². The van der Waals surface area contributed by atoms with Gasteiger partial charge in [0.2, 0.25) is 0 Å². The van der Waals surface area contributed by atoms with E-state index in [1.807, 2.05) is 30.3 Å². The van der Waals surface area contributed by atoms with Gasteiger partial charge in [-0.15, -0.1) is 0 Å². The summed E-state index contributed by atoms with van der Waals surface area (Å²) in [5.41, 5.74) is 1.11. The van der Waals surface area contributed by atoms with Crippen LogP contribution < -0.4 is 10.2 Å². The fourth-order valence-electron chi connectivity index (χ4n) is 2.37. The minimum atomic E-state index is -0.761. The second-order valence-corrected chi connectivity index (χ2v) is 5.28. The van der Waals surface area contributed by atoms with Crippen LogP contribution in [0.3, 0.4) is 0 Å². The first-order chi connectivity index (χ1) is 11.6. The van der Waals surface area contributed by atoms with Gasteiger partial charge in [-0.3, -0.25) is 4.79 Å². The maximum Gasteiger partial charge on any atom is 0.346 e. The van der Waals surface area contributed by atoms with E-state index in [-0.39, 0.29) is 5.43 Å². The van der Waals surface area contributed by atoms with Crippen molar-refractivity contribution in [2.45, 2.75) is 13.0 Å². The van der Waals surface area contributed by atoms with Gasteiger partial charge in [0.1, 0.15) is 17.1 Å². The zero-order valence-electron chi connectivity index (χ0n) is 13.3. The number of carbonyl (C=O) groups is 1. The SMILES string of the molecule is COC(=O)[C@@H](C)Oc1ccc2oc(-c3ccccc3)cc(=O)c2c1. The molecule has 5 nitrogen and oxygen atoms in total. The Labute approximate surface area is 138 Å². The van der Waals surface area contributed by atoms with Gasteiger partial charge in [-0.2, -0.15) is 0 Å². The Hall–Kier alpha value is -3.08. The standard InChI is InChI=1S/C19H16O5/c1-12(19(21)22-2)23-14-8-9-17-15(10-14)16(20)11-18(24-17)13-6-4-3-5-7-13/h3-12H,1-2H3/t12-/m1/s1. The fraction of sp³-hybridized carbons (Fsp3) is 0.158. The van der Waals surface area contributed by atoms with Crippen LogP contribution in [-0.4, -0.2) is 19.2 Å². The molecular formula is C19H16O5. The molecule has 24 heavy (non-hydrogen) atoms. The van der Waals surface area contributed by atoms with Gasteiger partial charge in [0.25, 0.3) is 0 Å². The lowest BCUT2D eigenvalue weighted by atomic mass is 10.1. The number of ether oxygens (including phenoxy) is 2. The van der Waals surface area contributed by atoms with Gasteiger partial charge in [0, 0.05) is 11.6 Å². The van der Waals surface area contributed by atoms with Crippen LogP contribution in [0, 0.1) is 0 Å². The van der Waals surface area contributed by atoms with Crippen molar-refractivity contribution in [3.05, 3.63) is 64.8 Å². The normalized spacial score (nSPS) is 11.9. The molecule has 0 saturated heterocycles. The van der Waals surface area contributed by atoms with Crippen LogP contribution in [0.2, 0.25) is 0 Å². The molecule has 5 heteroatoms. The van der Waals surface area contributed by atoms with Crippen molar-refractivity contribution in [3.8, 4) is 17.1 Å². The Bertz CT molecular complexity index is 927. The van der Waals surface area contributed by atoms with Crippen molar-refractivity contribution in [2.24, 2.45) is 0 Å². The van der Waals surface area contributed by atoms with Crippen LogP contribution in [0.15, 0.2) is 63.8 Å². The van der Waals surface area contributed by atoms with Crippen molar-refractivity contribution >= 4 is 16.9 Å². The highest BCUT2D eigenvalue weighted by Gasteiger charge is 2.15. The third kappa shape index (κ3) is 3.15. The molecule has 3 rings (SSSR count). The average Bonchev–Trinajstić information content (AvgIpc) is 2.62. The van der Waals surface area contributed by atoms with E-state index in [1.165, 1.54) is 13.2 Å². The zero-order valence-corrected chi connectivity index (χ0v) is 13.3. The smallest absolute Gasteiger partial charge is 0.346 e. The Balaban J connectivity index is 1.98. The van der Waals surface area contributed by atoms with Crippen molar-refractivity contribution in [1.29, 1.82) is 0 Å². The summed E-state index contributed by atoms with van der Waals surface area (Å²) in [6.45, 7) is 1.58. The number of hydrogen-bond acceptors (Lipinski definition) is 5. The van der Waals surface area contributed by atoms with E-state index in [4.69, 9.17) is 9.15 Å². The quantitative estimate of drug-likeness (QED) is 0.688. The van der Waals surface area contributed by atoms with Crippen molar-refractivity contribution in [1.82, 2.24) is 0 Å². The topological polar surface area (TPSA) is 65.7 Å². The van der Waals surface area contributed by atoms with Crippen LogP contribution in [-0.2, 0) is 9.53 Å². The van der Waals surface area contributed by atoms with E-state index in [0.29, 0.717) is 22.5 Å². The van der Waals surface area contributed by atoms with Crippen LogP contribution in [0.1, 0.15) is 6.92 Å². The predicted molar refractivity (Wildman–Crippen MR) is 90.0 cm³/mol. The van der Waals surface area contributed by atoms with Crippen molar-refractivity contribution < 1.29 is 18.7 Å². The maximum atomic E-state index is 12.4. The van der Waals surface area contributed by atoms with E-state index in [1.54, 1.807) is 25.1 Å². The second kappa shape index (κ2) is 6.58. The molecule has 0 aliphatic carbocycles. The molecule has 122 valence electrons.